The zero-order valence-electron chi connectivity index (χ0n) is 12.8. The molecule has 1 atom stereocenters. The summed E-state index contributed by atoms with van der Waals surface area (Å²) < 4.78 is 0. The number of nitrogens with one attached hydrogen (secondary N) is 1. The van der Waals surface area contributed by atoms with Crippen LogP contribution in [0, 0.1) is 11.3 Å². The average molecular weight is 355 g/mol. The van der Waals surface area contributed by atoms with Crippen molar-refractivity contribution < 1.29 is 4.79 Å². The molecule has 0 radical (unpaired) electrons. The summed E-state index contributed by atoms with van der Waals surface area (Å²) in [5.41, 5.74) is 2.64. The summed E-state index contributed by atoms with van der Waals surface area (Å²) in [6.07, 6.45) is 0.263. The zero-order chi connectivity index (χ0) is 16.9. The van der Waals surface area contributed by atoms with Crippen LogP contribution in [0.15, 0.2) is 65.2 Å². The van der Waals surface area contributed by atoms with E-state index >= 15 is 0 Å². The van der Waals surface area contributed by atoms with Crippen LogP contribution in [0.4, 0.5) is 0 Å². The first-order chi connectivity index (χ1) is 11.7. The highest BCUT2D eigenvalue weighted by Crippen LogP contribution is 2.37. The fourth-order valence-electron chi connectivity index (χ4n) is 2.67. The number of halogens is 1. The standard InChI is InChI=1S/C19H15ClN2OS/c20-15-8-4-7-14(9-15)16-10-18(23)22-19(17(16)11-21)24-12-13-5-2-1-3-6-13/h1-9,16H,10,12H2,(H,22,23)/t16-/m0/s1. The van der Waals surface area contributed by atoms with E-state index in [0.717, 1.165) is 11.1 Å². The van der Waals surface area contributed by atoms with Gasteiger partial charge in [0.2, 0.25) is 5.91 Å². The van der Waals surface area contributed by atoms with E-state index in [9.17, 15) is 10.1 Å². The van der Waals surface area contributed by atoms with E-state index < -0.39 is 0 Å². The molecule has 1 N–H and O–H groups in total. The highest BCUT2D eigenvalue weighted by Gasteiger charge is 2.29. The van der Waals surface area contributed by atoms with Gasteiger partial charge < -0.3 is 5.32 Å². The van der Waals surface area contributed by atoms with Crippen molar-refractivity contribution in [2.45, 2.75) is 18.1 Å². The van der Waals surface area contributed by atoms with Gasteiger partial charge in [-0.2, -0.15) is 5.26 Å². The maximum Gasteiger partial charge on any atom is 0.225 e. The third-order valence-electron chi connectivity index (χ3n) is 3.83. The van der Waals surface area contributed by atoms with Gasteiger partial charge in [-0.25, -0.2) is 0 Å². The number of carbonyl (C=O) groups is 1. The van der Waals surface area contributed by atoms with Crippen molar-refractivity contribution in [1.29, 1.82) is 5.26 Å². The molecule has 0 aromatic heterocycles. The molecule has 24 heavy (non-hydrogen) atoms. The van der Waals surface area contributed by atoms with Crippen molar-refractivity contribution in [3.63, 3.8) is 0 Å². The molecular formula is C19H15ClN2OS. The number of hydrogen-bond acceptors (Lipinski definition) is 3. The van der Waals surface area contributed by atoms with Gasteiger partial charge in [-0.3, -0.25) is 4.79 Å². The van der Waals surface area contributed by atoms with Crippen LogP contribution in [0.2, 0.25) is 5.02 Å². The predicted molar refractivity (Wildman–Crippen MR) is 97.3 cm³/mol. The second-order valence-corrected chi connectivity index (χ2v) is 6.91. The summed E-state index contributed by atoms with van der Waals surface area (Å²) >= 11 is 7.55. The van der Waals surface area contributed by atoms with E-state index in [4.69, 9.17) is 11.6 Å². The third-order valence-corrected chi connectivity index (χ3v) is 5.16. The van der Waals surface area contributed by atoms with Crippen molar-refractivity contribution in [2.75, 3.05) is 0 Å². The van der Waals surface area contributed by atoms with Crippen molar-refractivity contribution in [1.82, 2.24) is 5.32 Å². The fourth-order valence-corrected chi connectivity index (χ4v) is 3.90. The minimum Gasteiger partial charge on any atom is -0.320 e. The Hall–Kier alpha value is -2.22. The zero-order valence-corrected chi connectivity index (χ0v) is 14.4. The van der Waals surface area contributed by atoms with E-state index in [0.29, 0.717) is 21.4 Å². The molecule has 3 rings (SSSR count). The molecule has 0 saturated heterocycles. The number of benzene rings is 2. The first-order valence-corrected chi connectivity index (χ1v) is 8.90. The Balaban J connectivity index is 1.89. The molecule has 0 spiro atoms. The molecule has 120 valence electrons. The van der Waals surface area contributed by atoms with Crippen LogP contribution in [0.1, 0.15) is 23.5 Å². The Morgan fingerprint density at radius 1 is 1.21 bits per heavy atom. The molecular weight excluding hydrogens is 340 g/mol. The quantitative estimate of drug-likeness (QED) is 0.872. The highest BCUT2D eigenvalue weighted by molar-refractivity contribution is 8.02. The maximum atomic E-state index is 12.1. The van der Waals surface area contributed by atoms with Crippen LogP contribution in [0.25, 0.3) is 0 Å². The number of thioether (sulfide) groups is 1. The molecule has 1 aliphatic rings. The van der Waals surface area contributed by atoms with Crippen molar-refractivity contribution >= 4 is 29.3 Å². The lowest BCUT2D eigenvalue weighted by atomic mass is 9.87. The van der Waals surface area contributed by atoms with Crippen LogP contribution in [-0.2, 0) is 10.5 Å². The molecule has 1 heterocycles. The topological polar surface area (TPSA) is 52.9 Å². The largest absolute Gasteiger partial charge is 0.320 e. The van der Waals surface area contributed by atoms with E-state index in [-0.39, 0.29) is 18.2 Å². The van der Waals surface area contributed by atoms with Gasteiger partial charge in [0.15, 0.2) is 0 Å². The van der Waals surface area contributed by atoms with Crippen molar-refractivity contribution in [3.8, 4) is 6.07 Å². The second-order valence-electron chi connectivity index (χ2n) is 5.49. The average Bonchev–Trinajstić information content (AvgIpc) is 2.60. The van der Waals surface area contributed by atoms with Crippen LogP contribution in [-0.4, -0.2) is 5.91 Å². The minimum atomic E-state index is -0.249. The monoisotopic (exact) mass is 354 g/mol. The number of rotatable bonds is 4. The third kappa shape index (κ3) is 3.81. The molecule has 0 unspecified atom stereocenters. The Kier molecular flexibility index (Phi) is 5.24. The van der Waals surface area contributed by atoms with Gasteiger partial charge in [-0.1, -0.05) is 54.1 Å². The van der Waals surface area contributed by atoms with Gasteiger partial charge >= 0.3 is 0 Å². The van der Waals surface area contributed by atoms with Gasteiger partial charge in [-0.15, -0.1) is 11.8 Å². The van der Waals surface area contributed by atoms with Crippen LogP contribution >= 0.6 is 23.4 Å². The number of nitriles is 1. The van der Waals surface area contributed by atoms with Crippen LogP contribution in [0.5, 0.6) is 0 Å². The predicted octanol–water partition coefficient (Wildman–Crippen LogP) is 4.61. The summed E-state index contributed by atoms with van der Waals surface area (Å²) in [6.45, 7) is 0. The van der Waals surface area contributed by atoms with Crippen LogP contribution < -0.4 is 5.32 Å². The van der Waals surface area contributed by atoms with Gasteiger partial charge in [-0.05, 0) is 23.3 Å². The Labute approximate surface area is 150 Å². The number of nitrogens with zero attached hydrogens (tertiary/aromatic N) is 1. The highest BCUT2D eigenvalue weighted by atomic mass is 35.5. The summed E-state index contributed by atoms with van der Waals surface area (Å²) in [6, 6.07) is 19.6. The Morgan fingerprint density at radius 3 is 2.71 bits per heavy atom. The van der Waals surface area contributed by atoms with Crippen molar-refractivity contribution in [3.05, 3.63) is 81.3 Å². The van der Waals surface area contributed by atoms with E-state index in [1.165, 1.54) is 11.8 Å². The molecule has 5 heteroatoms. The summed E-state index contributed by atoms with van der Waals surface area (Å²) in [4.78, 5) is 12.1. The molecule has 1 amide bonds. The number of hydrogen-bond donors (Lipinski definition) is 1. The normalized spacial score (nSPS) is 17.3. The first-order valence-electron chi connectivity index (χ1n) is 7.53. The fraction of sp³-hybridized carbons (Fsp3) is 0.158. The van der Waals surface area contributed by atoms with Crippen LogP contribution in [0.3, 0.4) is 0 Å². The van der Waals surface area contributed by atoms with Gasteiger partial charge in [0, 0.05) is 23.1 Å². The second kappa shape index (κ2) is 7.57. The van der Waals surface area contributed by atoms with Gasteiger partial charge in [0.05, 0.1) is 16.7 Å². The van der Waals surface area contributed by atoms with Crippen molar-refractivity contribution in [2.24, 2.45) is 0 Å². The number of amides is 1. The SMILES string of the molecule is N#CC1=C(SCc2ccccc2)NC(=O)C[C@H]1c1cccc(Cl)c1. The van der Waals surface area contributed by atoms with Gasteiger partial charge in [0.1, 0.15) is 0 Å². The summed E-state index contributed by atoms with van der Waals surface area (Å²) in [7, 11) is 0. The number of carbonyl (C=O) groups excluding carboxylic acids is 1. The Morgan fingerprint density at radius 2 is 2.00 bits per heavy atom. The molecule has 0 bridgehead atoms. The lowest BCUT2D eigenvalue weighted by molar-refractivity contribution is -0.120. The van der Waals surface area contributed by atoms with Gasteiger partial charge in [0.25, 0.3) is 0 Å². The molecule has 0 fully saturated rings. The first kappa shape index (κ1) is 16.6. The Bertz CT molecular complexity index is 827. The smallest absolute Gasteiger partial charge is 0.225 e. The molecule has 0 aliphatic carbocycles. The molecule has 1 aliphatic heterocycles. The maximum absolute atomic E-state index is 12.1. The summed E-state index contributed by atoms with van der Waals surface area (Å²) in [5.74, 6) is 0.374. The molecule has 0 saturated carbocycles. The van der Waals surface area contributed by atoms with E-state index in [2.05, 4.69) is 11.4 Å². The number of allylic oxidation sites excluding steroid dienone is 1. The van der Waals surface area contributed by atoms with E-state index in [1.54, 1.807) is 6.07 Å². The molecule has 3 nitrogen and oxygen atoms in total. The van der Waals surface area contributed by atoms with E-state index in [1.807, 2.05) is 48.5 Å². The lowest BCUT2D eigenvalue weighted by Crippen LogP contribution is -2.30. The molecule has 2 aromatic carbocycles. The minimum absolute atomic E-state index is 0.0745. The molecule has 2 aromatic rings. The summed E-state index contributed by atoms with van der Waals surface area (Å²) in [5, 5.41) is 13.7. The lowest BCUT2D eigenvalue weighted by Gasteiger charge is -2.25.